The van der Waals surface area contributed by atoms with E-state index in [4.69, 9.17) is 21.5 Å². The fourth-order valence-electron chi connectivity index (χ4n) is 3.50. The third-order valence-electron chi connectivity index (χ3n) is 5.12. The molecule has 6 nitrogen and oxygen atoms in total. The first-order valence-electron chi connectivity index (χ1n) is 9.65. The molecule has 1 unspecified atom stereocenters. The summed E-state index contributed by atoms with van der Waals surface area (Å²) in [4.78, 5) is 6.55. The Morgan fingerprint density at radius 2 is 1.94 bits per heavy atom. The number of allylic oxidation sites excluding steroid dienone is 1. The van der Waals surface area contributed by atoms with E-state index in [0.29, 0.717) is 23.4 Å². The quantitative estimate of drug-likeness (QED) is 0.443. The molecule has 31 heavy (non-hydrogen) atoms. The summed E-state index contributed by atoms with van der Waals surface area (Å²) in [6.45, 7) is 6.28. The van der Waals surface area contributed by atoms with Crippen molar-refractivity contribution in [3.05, 3.63) is 84.2 Å². The number of aromatic nitrogens is 2. The van der Waals surface area contributed by atoms with Crippen molar-refractivity contribution in [3.8, 4) is 17.1 Å². The standard InChI is InChI=1S/C23H21FN4O2S/c1-4-13-28-14(2)19(20(25-23(28)31)15-5-9-17(24)10-6-15)22-26-21(27-30-22)16-7-11-18(29-3)12-8-16/h4-12,20H,1,13H2,2-3H3,(H,25,31). The van der Waals surface area contributed by atoms with Crippen LogP contribution in [0.1, 0.15) is 24.4 Å². The van der Waals surface area contributed by atoms with Crippen LogP contribution < -0.4 is 10.1 Å². The number of hydrogen-bond acceptors (Lipinski definition) is 5. The van der Waals surface area contributed by atoms with Crippen molar-refractivity contribution in [1.82, 2.24) is 20.4 Å². The van der Waals surface area contributed by atoms with E-state index in [-0.39, 0.29) is 11.9 Å². The Morgan fingerprint density at radius 3 is 2.58 bits per heavy atom. The van der Waals surface area contributed by atoms with Crippen LogP contribution in [-0.2, 0) is 0 Å². The minimum absolute atomic E-state index is 0.308. The van der Waals surface area contributed by atoms with Gasteiger partial charge in [-0.3, -0.25) is 0 Å². The van der Waals surface area contributed by atoms with E-state index in [1.54, 1.807) is 25.3 Å². The second-order valence-electron chi connectivity index (χ2n) is 6.98. The van der Waals surface area contributed by atoms with Crippen molar-refractivity contribution in [3.63, 3.8) is 0 Å². The maximum absolute atomic E-state index is 13.5. The van der Waals surface area contributed by atoms with E-state index in [9.17, 15) is 4.39 Å². The Hall–Kier alpha value is -3.52. The topological polar surface area (TPSA) is 63.4 Å². The molecule has 1 atom stereocenters. The Kier molecular flexibility index (Phi) is 5.81. The molecule has 1 N–H and O–H groups in total. The summed E-state index contributed by atoms with van der Waals surface area (Å²) in [6.07, 6.45) is 1.77. The van der Waals surface area contributed by atoms with E-state index >= 15 is 0 Å². The van der Waals surface area contributed by atoms with Gasteiger partial charge in [0.15, 0.2) is 5.11 Å². The van der Waals surface area contributed by atoms with E-state index in [1.807, 2.05) is 36.1 Å². The predicted octanol–water partition coefficient (Wildman–Crippen LogP) is 4.73. The van der Waals surface area contributed by atoms with Crippen LogP contribution in [0.25, 0.3) is 17.0 Å². The van der Waals surface area contributed by atoms with Crippen LogP contribution in [0.15, 0.2) is 71.4 Å². The van der Waals surface area contributed by atoms with Crippen molar-refractivity contribution in [1.29, 1.82) is 0 Å². The summed E-state index contributed by atoms with van der Waals surface area (Å²) in [5.41, 5.74) is 3.27. The smallest absolute Gasteiger partial charge is 0.258 e. The van der Waals surface area contributed by atoms with Crippen LogP contribution >= 0.6 is 12.2 Å². The number of nitrogens with one attached hydrogen (secondary N) is 1. The molecule has 0 amide bonds. The maximum Gasteiger partial charge on any atom is 0.258 e. The number of hydrogen-bond donors (Lipinski definition) is 1. The molecule has 1 aliphatic heterocycles. The molecular formula is C23H21FN4O2S. The Labute approximate surface area is 185 Å². The number of ether oxygens (including phenoxy) is 1. The molecule has 0 aliphatic carbocycles. The number of methoxy groups -OCH3 is 1. The number of halogens is 1. The predicted molar refractivity (Wildman–Crippen MR) is 121 cm³/mol. The fourth-order valence-corrected chi connectivity index (χ4v) is 3.83. The molecule has 2 heterocycles. The van der Waals surface area contributed by atoms with Gasteiger partial charge in [0.25, 0.3) is 5.89 Å². The normalized spacial score (nSPS) is 16.3. The van der Waals surface area contributed by atoms with Gasteiger partial charge in [-0.25, -0.2) is 4.39 Å². The molecule has 0 saturated heterocycles. The van der Waals surface area contributed by atoms with Crippen molar-refractivity contribution >= 4 is 22.9 Å². The molecule has 0 radical (unpaired) electrons. The number of thiocarbonyl (C=S) groups is 1. The summed E-state index contributed by atoms with van der Waals surface area (Å²) in [7, 11) is 1.61. The van der Waals surface area contributed by atoms with Gasteiger partial charge in [0, 0.05) is 17.8 Å². The molecule has 0 bridgehead atoms. The molecule has 0 spiro atoms. The minimum Gasteiger partial charge on any atom is -0.497 e. The molecule has 3 aromatic rings. The summed E-state index contributed by atoms with van der Waals surface area (Å²) in [5, 5.41) is 8.03. The van der Waals surface area contributed by atoms with Crippen LogP contribution in [0.3, 0.4) is 0 Å². The first-order valence-corrected chi connectivity index (χ1v) is 10.1. The van der Waals surface area contributed by atoms with E-state index < -0.39 is 0 Å². The van der Waals surface area contributed by atoms with Crippen molar-refractivity contribution in [2.24, 2.45) is 0 Å². The number of nitrogens with zero attached hydrogens (tertiary/aromatic N) is 3. The summed E-state index contributed by atoms with van der Waals surface area (Å²) < 4.78 is 24.4. The second kappa shape index (κ2) is 8.69. The Bertz CT molecular complexity index is 1140. The van der Waals surface area contributed by atoms with Crippen LogP contribution in [0.2, 0.25) is 0 Å². The summed E-state index contributed by atoms with van der Waals surface area (Å²) in [6, 6.07) is 13.3. The molecule has 0 saturated carbocycles. The highest BCUT2D eigenvalue weighted by Crippen LogP contribution is 2.37. The number of benzene rings is 2. The molecular weight excluding hydrogens is 415 g/mol. The van der Waals surface area contributed by atoms with E-state index in [1.165, 1.54) is 12.1 Å². The molecule has 158 valence electrons. The molecule has 8 heteroatoms. The zero-order valence-corrected chi connectivity index (χ0v) is 17.9. The lowest BCUT2D eigenvalue weighted by Gasteiger charge is -2.36. The van der Waals surface area contributed by atoms with Gasteiger partial charge in [-0.15, -0.1) is 6.58 Å². The van der Waals surface area contributed by atoms with Gasteiger partial charge in [0.1, 0.15) is 11.6 Å². The lowest BCUT2D eigenvalue weighted by molar-refractivity contribution is 0.399. The van der Waals surface area contributed by atoms with Crippen molar-refractivity contribution in [2.75, 3.05) is 13.7 Å². The number of rotatable bonds is 6. The van der Waals surface area contributed by atoms with Crippen LogP contribution in [0.4, 0.5) is 4.39 Å². The lowest BCUT2D eigenvalue weighted by Crippen LogP contribution is -2.45. The SMILES string of the molecule is C=CCN1C(=S)NC(c2ccc(F)cc2)C(c2nc(-c3ccc(OC)cc3)no2)=C1C. The first-order chi connectivity index (χ1) is 15.0. The highest BCUT2D eigenvalue weighted by molar-refractivity contribution is 7.80. The van der Waals surface area contributed by atoms with Gasteiger partial charge in [-0.2, -0.15) is 4.98 Å². The van der Waals surface area contributed by atoms with E-state index in [0.717, 1.165) is 28.1 Å². The maximum atomic E-state index is 13.5. The van der Waals surface area contributed by atoms with Gasteiger partial charge >= 0.3 is 0 Å². The molecule has 0 fully saturated rings. The summed E-state index contributed by atoms with van der Waals surface area (Å²) in [5.74, 6) is 1.26. The lowest BCUT2D eigenvalue weighted by atomic mass is 9.95. The zero-order valence-electron chi connectivity index (χ0n) is 17.1. The van der Waals surface area contributed by atoms with Gasteiger partial charge in [0.05, 0.1) is 18.7 Å². The average molecular weight is 437 g/mol. The average Bonchev–Trinajstić information content (AvgIpc) is 3.26. The first kappa shape index (κ1) is 20.7. The highest BCUT2D eigenvalue weighted by atomic mass is 32.1. The largest absolute Gasteiger partial charge is 0.497 e. The molecule has 1 aliphatic rings. The van der Waals surface area contributed by atoms with Gasteiger partial charge < -0.3 is 19.5 Å². The van der Waals surface area contributed by atoms with Crippen LogP contribution in [0.5, 0.6) is 5.75 Å². The second-order valence-corrected chi connectivity index (χ2v) is 7.37. The monoisotopic (exact) mass is 436 g/mol. The molecule has 2 aromatic carbocycles. The highest BCUT2D eigenvalue weighted by Gasteiger charge is 2.33. The van der Waals surface area contributed by atoms with Crippen molar-refractivity contribution < 1.29 is 13.7 Å². The molecule has 4 rings (SSSR count). The van der Waals surface area contributed by atoms with Gasteiger partial charge in [0.2, 0.25) is 5.82 Å². The third kappa shape index (κ3) is 4.06. The summed E-state index contributed by atoms with van der Waals surface area (Å²) >= 11 is 5.56. The van der Waals surface area contributed by atoms with E-state index in [2.05, 4.69) is 22.0 Å². The van der Waals surface area contributed by atoms with Crippen molar-refractivity contribution in [2.45, 2.75) is 13.0 Å². The minimum atomic E-state index is -0.363. The van der Waals surface area contributed by atoms with Gasteiger partial charge in [-0.05, 0) is 61.1 Å². The Morgan fingerprint density at radius 1 is 1.23 bits per heavy atom. The molecule has 1 aromatic heterocycles. The Balaban J connectivity index is 1.78. The van der Waals surface area contributed by atoms with Crippen LogP contribution in [-0.4, -0.2) is 33.8 Å². The van der Waals surface area contributed by atoms with Crippen LogP contribution in [0, 0.1) is 5.82 Å². The van der Waals surface area contributed by atoms with Gasteiger partial charge in [-0.1, -0.05) is 23.4 Å². The fraction of sp³-hybridized carbons (Fsp3) is 0.174. The zero-order chi connectivity index (χ0) is 22.0. The third-order valence-corrected chi connectivity index (χ3v) is 5.45.